The van der Waals surface area contributed by atoms with Gasteiger partial charge in [-0.25, -0.2) is 19.3 Å². The van der Waals surface area contributed by atoms with Gasteiger partial charge >= 0.3 is 0 Å². The van der Waals surface area contributed by atoms with Crippen LogP contribution in [0.15, 0.2) is 36.9 Å². The number of H-pyrrole nitrogens is 1. The van der Waals surface area contributed by atoms with Crippen molar-refractivity contribution in [3.63, 3.8) is 0 Å². The van der Waals surface area contributed by atoms with Crippen molar-refractivity contribution in [3.05, 3.63) is 54.0 Å². The van der Waals surface area contributed by atoms with Crippen molar-refractivity contribution in [3.8, 4) is 0 Å². The van der Waals surface area contributed by atoms with Crippen LogP contribution < -0.4 is 5.32 Å². The van der Waals surface area contributed by atoms with E-state index in [1.165, 1.54) is 24.0 Å². The molecule has 4 aromatic rings. The lowest BCUT2D eigenvalue weighted by atomic mass is 9.88. The van der Waals surface area contributed by atoms with Gasteiger partial charge in [-0.3, -0.25) is 4.98 Å². The highest BCUT2D eigenvalue weighted by Gasteiger charge is 2.14. The van der Waals surface area contributed by atoms with Crippen LogP contribution in [0.5, 0.6) is 0 Å². The Hall–Kier alpha value is -3.09. The SMILES string of the molecule is CC(C)(C)CCc1nc2cc(F)ccc2cc1CCNc1ncnc2nc[nH]c12. The average Bonchev–Trinajstić information content (AvgIpc) is 3.15. The smallest absolute Gasteiger partial charge is 0.182 e. The molecule has 29 heavy (non-hydrogen) atoms. The molecular weight excluding hydrogens is 367 g/mol. The number of aryl methyl sites for hydroxylation is 1. The van der Waals surface area contributed by atoms with Gasteiger partial charge in [0.2, 0.25) is 0 Å². The first-order valence-electron chi connectivity index (χ1n) is 9.85. The van der Waals surface area contributed by atoms with Crippen LogP contribution in [0.1, 0.15) is 38.4 Å². The Balaban J connectivity index is 1.57. The number of rotatable bonds is 6. The lowest BCUT2D eigenvalue weighted by Gasteiger charge is -2.19. The number of anilines is 1. The summed E-state index contributed by atoms with van der Waals surface area (Å²) in [5.74, 6) is 0.480. The number of hydrogen-bond acceptors (Lipinski definition) is 5. The first-order valence-corrected chi connectivity index (χ1v) is 9.85. The fourth-order valence-corrected chi connectivity index (χ4v) is 3.36. The van der Waals surface area contributed by atoms with Gasteiger partial charge < -0.3 is 10.3 Å². The first kappa shape index (κ1) is 19.2. The molecule has 0 unspecified atom stereocenters. The van der Waals surface area contributed by atoms with Gasteiger partial charge in [0, 0.05) is 23.7 Å². The van der Waals surface area contributed by atoms with E-state index >= 15 is 0 Å². The number of fused-ring (bicyclic) bond motifs is 2. The summed E-state index contributed by atoms with van der Waals surface area (Å²) in [5.41, 5.74) is 4.57. The number of benzene rings is 1. The number of aromatic amines is 1. The third-order valence-corrected chi connectivity index (χ3v) is 4.97. The molecule has 0 spiro atoms. The van der Waals surface area contributed by atoms with Crippen LogP contribution in [0.25, 0.3) is 22.1 Å². The van der Waals surface area contributed by atoms with Gasteiger partial charge in [0.25, 0.3) is 0 Å². The maximum atomic E-state index is 13.7. The lowest BCUT2D eigenvalue weighted by molar-refractivity contribution is 0.376. The molecule has 3 heterocycles. The van der Waals surface area contributed by atoms with E-state index in [0.29, 0.717) is 17.7 Å². The van der Waals surface area contributed by atoms with Crippen molar-refractivity contribution in [1.82, 2.24) is 24.9 Å². The Bertz CT molecular complexity index is 1150. The maximum Gasteiger partial charge on any atom is 0.182 e. The number of imidazole rings is 1. The molecule has 0 bridgehead atoms. The van der Waals surface area contributed by atoms with Gasteiger partial charge in [-0.05, 0) is 48.4 Å². The van der Waals surface area contributed by atoms with E-state index in [2.05, 4.69) is 52.1 Å². The summed E-state index contributed by atoms with van der Waals surface area (Å²) >= 11 is 0. The van der Waals surface area contributed by atoms with Crippen LogP contribution in [-0.4, -0.2) is 31.5 Å². The van der Waals surface area contributed by atoms with Crippen LogP contribution in [0.2, 0.25) is 0 Å². The van der Waals surface area contributed by atoms with Crippen LogP contribution in [0.3, 0.4) is 0 Å². The zero-order valence-corrected chi connectivity index (χ0v) is 17.0. The van der Waals surface area contributed by atoms with Gasteiger partial charge in [0.05, 0.1) is 11.8 Å². The third-order valence-electron chi connectivity index (χ3n) is 4.97. The molecule has 0 saturated carbocycles. The average molecular weight is 392 g/mol. The highest BCUT2D eigenvalue weighted by atomic mass is 19.1. The Morgan fingerprint density at radius 2 is 1.93 bits per heavy atom. The molecular formula is C22H25FN6. The largest absolute Gasteiger partial charge is 0.368 e. The fourth-order valence-electron chi connectivity index (χ4n) is 3.36. The van der Waals surface area contributed by atoms with Crippen LogP contribution in [-0.2, 0) is 12.8 Å². The molecule has 0 aliphatic heterocycles. The summed E-state index contributed by atoms with van der Waals surface area (Å²) in [6.07, 6.45) is 5.79. The second-order valence-electron chi connectivity index (χ2n) is 8.49. The van der Waals surface area contributed by atoms with E-state index in [-0.39, 0.29) is 11.2 Å². The number of hydrogen-bond donors (Lipinski definition) is 2. The molecule has 6 nitrogen and oxygen atoms in total. The molecule has 4 rings (SSSR count). The van der Waals surface area contributed by atoms with Gasteiger partial charge in [-0.1, -0.05) is 20.8 Å². The predicted octanol–water partition coefficient (Wildman–Crippen LogP) is 4.67. The minimum absolute atomic E-state index is 0.210. The normalized spacial score (nSPS) is 12.0. The number of pyridine rings is 1. The van der Waals surface area contributed by atoms with Crippen molar-refractivity contribution in [2.75, 3.05) is 11.9 Å². The molecule has 1 aromatic carbocycles. The monoisotopic (exact) mass is 392 g/mol. The molecule has 0 atom stereocenters. The van der Waals surface area contributed by atoms with Gasteiger partial charge in [0.1, 0.15) is 17.7 Å². The van der Waals surface area contributed by atoms with E-state index < -0.39 is 0 Å². The number of nitrogens with one attached hydrogen (secondary N) is 2. The molecule has 2 N–H and O–H groups in total. The van der Waals surface area contributed by atoms with Gasteiger partial charge in [-0.15, -0.1) is 0 Å². The van der Waals surface area contributed by atoms with Gasteiger partial charge in [0.15, 0.2) is 11.5 Å². The molecule has 7 heteroatoms. The third kappa shape index (κ3) is 4.50. The standard InChI is InChI=1S/C22H25FN6/c1-22(2,3)8-6-17-15(10-14-4-5-16(23)11-18(14)29-17)7-9-24-20-19-21(26-12-25-19)28-13-27-20/h4-5,10-13H,6-9H2,1-3H3,(H2,24,25,26,27,28). The molecule has 150 valence electrons. The molecule has 0 fully saturated rings. The van der Waals surface area contributed by atoms with Crippen LogP contribution >= 0.6 is 0 Å². The van der Waals surface area contributed by atoms with E-state index in [1.807, 2.05) is 0 Å². The van der Waals surface area contributed by atoms with E-state index in [9.17, 15) is 4.39 Å². The highest BCUT2D eigenvalue weighted by molar-refractivity contribution is 5.82. The summed E-state index contributed by atoms with van der Waals surface area (Å²) in [4.78, 5) is 20.5. The van der Waals surface area contributed by atoms with E-state index in [4.69, 9.17) is 4.98 Å². The highest BCUT2D eigenvalue weighted by Crippen LogP contribution is 2.25. The number of nitrogens with zero attached hydrogens (tertiary/aromatic N) is 4. The fraction of sp³-hybridized carbons (Fsp3) is 0.364. The zero-order valence-electron chi connectivity index (χ0n) is 17.0. The Morgan fingerprint density at radius 3 is 2.76 bits per heavy atom. The predicted molar refractivity (Wildman–Crippen MR) is 113 cm³/mol. The second-order valence-corrected chi connectivity index (χ2v) is 8.49. The van der Waals surface area contributed by atoms with Crippen molar-refractivity contribution in [2.24, 2.45) is 5.41 Å². The number of halogens is 1. The Labute approximate surface area is 169 Å². The molecule has 0 saturated heterocycles. The van der Waals surface area contributed by atoms with Crippen molar-refractivity contribution < 1.29 is 4.39 Å². The topological polar surface area (TPSA) is 79.4 Å². The van der Waals surface area contributed by atoms with Crippen LogP contribution in [0.4, 0.5) is 10.2 Å². The molecule has 0 amide bonds. The molecule has 0 aliphatic carbocycles. The second kappa shape index (κ2) is 7.73. The summed E-state index contributed by atoms with van der Waals surface area (Å²) in [7, 11) is 0. The maximum absolute atomic E-state index is 13.7. The van der Waals surface area contributed by atoms with Crippen molar-refractivity contribution >= 4 is 27.9 Å². The van der Waals surface area contributed by atoms with E-state index in [0.717, 1.165) is 41.7 Å². The molecule has 0 radical (unpaired) electrons. The number of aromatic nitrogens is 5. The summed E-state index contributed by atoms with van der Waals surface area (Å²) < 4.78 is 13.7. The lowest BCUT2D eigenvalue weighted by Crippen LogP contribution is -2.12. The van der Waals surface area contributed by atoms with Crippen LogP contribution in [0, 0.1) is 11.2 Å². The van der Waals surface area contributed by atoms with Gasteiger partial charge in [-0.2, -0.15) is 0 Å². The van der Waals surface area contributed by atoms with E-state index in [1.54, 1.807) is 12.4 Å². The molecule has 3 aromatic heterocycles. The molecule has 0 aliphatic rings. The van der Waals surface area contributed by atoms with Crippen molar-refractivity contribution in [2.45, 2.75) is 40.0 Å². The minimum atomic E-state index is -0.256. The Morgan fingerprint density at radius 1 is 1.07 bits per heavy atom. The summed E-state index contributed by atoms with van der Waals surface area (Å²) in [5, 5.41) is 4.33. The quantitative estimate of drug-likeness (QED) is 0.498. The zero-order chi connectivity index (χ0) is 20.4. The Kier molecular flexibility index (Phi) is 5.13. The summed E-state index contributed by atoms with van der Waals surface area (Å²) in [6.45, 7) is 7.36. The van der Waals surface area contributed by atoms with Crippen molar-refractivity contribution in [1.29, 1.82) is 0 Å². The summed E-state index contributed by atoms with van der Waals surface area (Å²) in [6, 6.07) is 6.92. The first-order chi connectivity index (χ1) is 13.9. The minimum Gasteiger partial charge on any atom is -0.368 e.